The van der Waals surface area contributed by atoms with Gasteiger partial charge in [-0.3, -0.25) is 0 Å². The molecule has 36 heavy (non-hydrogen) atoms. The molecule has 0 radical (unpaired) electrons. The van der Waals surface area contributed by atoms with Gasteiger partial charge >= 0.3 is 0 Å². The second kappa shape index (κ2) is 9.04. The molecule has 0 unspecified atom stereocenters. The molecule has 0 saturated heterocycles. The fourth-order valence-electron chi connectivity index (χ4n) is 4.50. The molecule has 2 aromatic carbocycles. The van der Waals surface area contributed by atoms with Crippen LogP contribution in [0, 0.1) is 0 Å². The first-order chi connectivity index (χ1) is 16.0. The lowest BCUT2D eigenvalue weighted by atomic mass is 9.76. The van der Waals surface area contributed by atoms with Gasteiger partial charge in [-0.2, -0.15) is 0 Å². The Morgan fingerprint density at radius 2 is 0.833 bits per heavy atom. The predicted molar refractivity (Wildman–Crippen MR) is 158 cm³/mol. The standard InChI is InChI=1S/C33H51O2P/c1-29(2,3)23-17-21-16-22-18-24(30(4,5)6)20-26(32(10,11)12)28(22)35-36(33(13,14)15)34-27(21)25(19-23)31(7,8)9/h17-20H,16H2,1-15H3. The van der Waals surface area contributed by atoms with Gasteiger partial charge in [0.2, 0.25) is 0 Å². The number of rotatable bonds is 0. The lowest BCUT2D eigenvalue weighted by Gasteiger charge is -2.38. The fraction of sp³-hybridized carbons (Fsp3) is 0.636. The van der Waals surface area contributed by atoms with Crippen LogP contribution in [0.2, 0.25) is 0 Å². The molecule has 1 aliphatic heterocycles. The van der Waals surface area contributed by atoms with Crippen molar-refractivity contribution in [3.63, 3.8) is 0 Å². The van der Waals surface area contributed by atoms with E-state index in [9.17, 15) is 0 Å². The molecule has 200 valence electrons. The molecular weight excluding hydrogens is 459 g/mol. The first-order valence-corrected chi connectivity index (χ1v) is 14.7. The summed E-state index contributed by atoms with van der Waals surface area (Å²) in [5.74, 6) is 2.06. The van der Waals surface area contributed by atoms with E-state index in [0.29, 0.717) is 0 Å². The molecule has 0 amide bonds. The summed E-state index contributed by atoms with van der Waals surface area (Å²) in [7, 11) is -1.23. The van der Waals surface area contributed by atoms with Crippen LogP contribution >= 0.6 is 8.38 Å². The van der Waals surface area contributed by atoms with Crippen molar-refractivity contribution in [1.82, 2.24) is 0 Å². The SMILES string of the molecule is CC(C)(C)c1cc2c(c(C(C)(C)C)c1)OP(C(C)(C)C)Oc1c(cc(C(C)(C)C)cc1C(C)(C)C)C2. The van der Waals surface area contributed by atoms with E-state index in [0.717, 1.165) is 17.9 Å². The highest BCUT2D eigenvalue weighted by molar-refractivity contribution is 7.49. The van der Waals surface area contributed by atoms with Crippen LogP contribution in [-0.4, -0.2) is 5.16 Å². The second-order valence-electron chi connectivity index (χ2n) is 15.8. The van der Waals surface area contributed by atoms with Gasteiger partial charge in [-0.1, -0.05) is 107 Å². The molecule has 1 heterocycles. The van der Waals surface area contributed by atoms with Gasteiger partial charge in [0.25, 0.3) is 8.38 Å². The predicted octanol–water partition coefficient (Wildman–Crippen LogP) is 10.3. The molecule has 3 rings (SSSR count). The highest BCUT2D eigenvalue weighted by Crippen LogP contribution is 2.57. The highest BCUT2D eigenvalue weighted by atomic mass is 31.2. The molecule has 0 fully saturated rings. The van der Waals surface area contributed by atoms with Crippen LogP contribution in [-0.2, 0) is 28.1 Å². The molecule has 0 N–H and O–H groups in total. The summed E-state index contributed by atoms with van der Waals surface area (Å²) in [4.78, 5) is 0. The molecule has 0 saturated carbocycles. The Balaban J connectivity index is 2.45. The zero-order chi connectivity index (χ0) is 27.6. The number of hydrogen-bond donors (Lipinski definition) is 0. The smallest absolute Gasteiger partial charge is 0.296 e. The molecule has 0 atom stereocenters. The zero-order valence-electron chi connectivity index (χ0n) is 25.8. The van der Waals surface area contributed by atoms with Crippen LogP contribution in [0.1, 0.15) is 137 Å². The first kappa shape index (κ1) is 29.0. The molecule has 0 aliphatic carbocycles. The molecule has 0 bridgehead atoms. The Morgan fingerprint density at radius 1 is 0.500 bits per heavy atom. The van der Waals surface area contributed by atoms with E-state index < -0.39 is 8.38 Å². The quantitative estimate of drug-likeness (QED) is 0.328. The Hall–Kier alpha value is -1.53. The average Bonchev–Trinajstić information content (AvgIpc) is 2.62. The average molecular weight is 511 g/mol. The Morgan fingerprint density at radius 3 is 1.08 bits per heavy atom. The summed E-state index contributed by atoms with van der Waals surface area (Å²) < 4.78 is 14.0. The van der Waals surface area contributed by atoms with Crippen LogP contribution in [0.3, 0.4) is 0 Å². The molecule has 0 aromatic heterocycles. The van der Waals surface area contributed by atoms with Crippen LogP contribution in [0.4, 0.5) is 0 Å². The van der Waals surface area contributed by atoms with E-state index >= 15 is 0 Å². The topological polar surface area (TPSA) is 18.5 Å². The summed E-state index contributed by atoms with van der Waals surface area (Å²) >= 11 is 0. The van der Waals surface area contributed by atoms with Gasteiger partial charge in [0.1, 0.15) is 11.5 Å². The minimum absolute atomic E-state index is 0.0455. The summed E-state index contributed by atoms with van der Waals surface area (Å²) in [5, 5.41) is -0.142. The van der Waals surface area contributed by atoms with Crippen LogP contribution in [0.15, 0.2) is 24.3 Å². The van der Waals surface area contributed by atoms with Crippen LogP contribution in [0.25, 0.3) is 0 Å². The number of benzene rings is 2. The van der Waals surface area contributed by atoms with Crippen molar-refractivity contribution in [3.05, 3.63) is 57.6 Å². The molecular formula is C33H51O2P. The normalized spacial score (nSPS) is 15.9. The van der Waals surface area contributed by atoms with Gasteiger partial charge in [-0.25, -0.2) is 0 Å². The number of hydrogen-bond acceptors (Lipinski definition) is 2. The second-order valence-corrected chi connectivity index (χ2v) is 18.0. The van der Waals surface area contributed by atoms with Crippen molar-refractivity contribution in [3.8, 4) is 11.5 Å². The first-order valence-electron chi connectivity index (χ1n) is 13.5. The van der Waals surface area contributed by atoms with Crippen molar-refractivity contribution >= 4 is 8.38 Å². The molecule has 2 aromatic rings. The summed E-state index contributed by atoms with van der Waals surface area (Å²) in [6, 6.07) is 9.56. The Bertz CT molecular complexity index is 1040. The van der Waals surface area contributed by atoms with E-state index in [1.54, 1.807) is 0 Å². The van der Waals surface area contributed by atoms with Crippen molar-refractivity contribution in [1.29, 1.82) is 0 Å². The fourth-order valence-corrected chi connectivity index (χ4v) is 5.85. The molecule has 0 spiro atoms. The third-order valence-corrected chi connectivity index (χ3v) is 8.75. The zero-order valence-corrected chi connectivity index (χ0v) is 26.7. The minimum Gasteiger partial charge on any atom is -0.438 e. The van der Waals surface area contributed by atoms with Crippen molar-refractivity contribution in [2.75, 3.05) is 0 Å². The van der Waals surface area contributed by atoms with Gasteiger partial charge in [0.05, 0.1) is 5.16 Å². The largest absolute Gasteiger partial charge is 0.438 e. The van der Waals surface area contributed by atoms with Gasteiger partial charge < -0.3 is 9.05 Å². The molecule has 3 heteroatoms. The summed E-state index contributed by atoms with van der Waals surface area (Å²) in [5.41, 5.74) is 7.84. The lowest BCUT2D eigenvalue weighted by Crippen LogP contribution is -2.25. The van der Waals surface area contributed by atoms with Gasteiger partial charge in [0, 0.05) is 17.5 Å². The van der Waals surface area contributed by atoms with Crippen molar-refractivity contribution < 1.29 is 9.05 Å². The summed E-state index contributed by atoms with van der Waals surface area (Å²) in [6.07, 6.45) is 0.804. The number of fused-ring (bicyclic) bond motifs is 2. The van der Waals surface area contributed by atoms with Crippen LogP contribution < -0.4 is 9.05 Å². The van der Waals surface area contributed by atoms with Gasteiger partial charge in [-0.15, -0.1) is 0 Å². The monoisotopic (exact) mass is 510 g/mol. The molecule has 2 nitrogen and oxygen atoms in total. The van der Waals surface area contributed by atoms with Gasteiger partial charge in [0.15, 0.2) is 0 Å². The minimum atomic E-state index is -1.23. The maximum atomic E-state index is 6.99. The third-order valence-electron chi connectivity index (χ3n) is 6.96. The highest BCUT2D eigenvalue weighted by Gasteiger charge is 2.39. The maximum absolute atomic E-state index is 6.99. The third kappa shape index (κ3) is 6.12. The Kier molecular flexibility index (Phi) is 7.29. The van der Waals surface area contributed by atoms with Crippen molar-refractivity contribution in [2.45, 2.75) is 137 Å². The maximum Gasteiger partial charge on any atom is 0.296 e. The van der Waals surface area contributed by atoms with E-state index in [1.807, 2.05) is 0 Å². The van der Waals surface area contributed by atoms with Gasteiger partial charge in [-0.05, 0) is 64.7 Å². The molecule has 1 aliphatic rings. The van der Waals surface area contributed by atoms with E-state index in [-0.39, 0.29) is 26.8 Å². The summed E-state index contributed by atoms with van der Waals surface area (Å²) in [6.45, 7) is 34.3. The van der Waals surface area contributed by atoms with Crippen LogP contribution in [0.5, 0.6) is 11.5 Å². The van der Waals surface area contributed by atoms with E-state index in [2.05, 4.69) is 128 Å². The van der Waals surface area contributed by atoms with E-state index in [1.165, 1.54) is 33.4 Å². The lowest BCUT2D eigenvalue weighted by molar-refractivity contribution is 0.422. The Labute approximate surface area is 223 Å². The van der Waals surface area contributed by atoms with Crippen molar-refractivity contribution in [2.24, 2.45) is 0 Å². The van der Waals surface area contributed by atoms with E-state index in [4.69, 9.17) is 9.05 Å².